The highest BCUT2D eigenvalue weighted by Crippen LogP contribution is 2.33. The van der Waals surface area contributed by atoms with Gasteiger partial charge in [0.05, 0.1) is 21.6 Å². The van der Waals surface area contributed by atoms with E-state index in [-0.39, 0.29) is 4.90 Å². The van der Waals surface area contributed by atoms with Gasteiger partial charge in [-0.2, -0.15) is 0 Å². The topological polar surface area (TPSA) is 51.1 Å². The highest BCUT2D eigenvalue weighted by molar-refractivity contribution is 7.89. The van der Waals surface area contributed by atoms with Gasteiger partial charge in [0, 0.05) is 22.5 Å². The molecule has 5 rings (SSSR count). The van der Waals surface area contributed by atoms with Gasteiger partial charge in [-0.25, -0.2) is 12.8 Å². The van der Waals surface area contributed by atoms with Crippen LogP contribution in [0.5, 0.6) is 0 Å². The average Bonchev–Trinajstić information content (AvgIpc) is 3.14. The maximum absolute atomic E-state index is 14.2. The molecule has 1 aromatic heterocycles. The number of fused-ring (bicyclic) bond motifs is 3. The van der Waals surface area contributed by atoms with E-state index in [0.29, 0.717) is 11.3 Å². The van der Waals surface area contributed by atoms with Gasteiger partial charge >= 0.3 is 0 Å². The number of hydrogen-bond donors (Lipinski definition) is 1. The fourth-order valence-corrected chi connectivity index (χ4v) is 4.92. The summed E-state index contributed by atoms with van der Waals surface area (Å²) in [6.45, 7) is 1.90. The molecule has 4 nitrogen and oxygen atoms in total. The second-order valence-electron chi connectivity index (χ2n) is 7.84. The molecule has 0 aliphatic carbocycles. The summed E-state index contributed by atoms with van der Waals surface area (Å²) in [6.07, 6.45) is 1.43. The third kappa shape index (κ3) is 3.90. The third-order valence-corrected chi connectivity index (χ3v) is 6.94. The summed E-state index contributed by atoms with van der Waals surface area (Å²) in [4.78, 5) is 0.158. The molecule has 0 saturated heterocycles. The van der Waals surface area contributed by atoms with Crippen LogP contribution in [0.2, 0.25) is 0 Å². The number of aryl methyl sites for hydroxylation is 1. The number of rotatable bonds is 5. The van der Waals surface area contributed by atoms with Crippen molar-refractivity contribution in [3.05, 3.63) is 120 Å². The Balaban J connectivity index is 1.74. The lowest BCUT2D eigenvalue weighted by Crippen LogP contribution is -2.19. The molecule has 0 fully saturated rings. The van der Waals surface area contributed by atoms with Crippen molar-refractivity contribution >= 4 is 37.5 Å². The van der Waals surface area contributed by atoms with E-state index in [2.05, 4.69) is 4.72 Å². The SMILES string of the molecule is Cc1ccc(S(=O)(=O)N/C=C(\c2cccc(F)c2)n2c3ccccc3c3ccccc32)cc1. The van der Waals surface area contributed by atoms with Gasteiger partial charge < -0.3 is 4.57 Å². The van der Waals surface area contributed by atoms with Gasteiger partial charge in [0.25, 0.3) is 10.0 Å². The van der Waals surface area contributed by atoms with Crippen molar-refractivity contribution in [2.75, 3.05) is 0 Å². The van der Waals surface area contributed by atoms with Crippen LogP contribution >= 0.6 is 0 Å². The normalized spacial score (nSPS) is 12.4. The van der Waals surface area contributed by atoms with E-state index in [1.807, 2.05) is 60.0 Å². The highest BCUT2D eigenvalue weighted by Gasteiger charge is 2.17. The third-order valence-electron chi connectivity index (χ3n) is 5.62. The monoisotopic (exact) mass is 456 g/mol. The summed E-state index contributed by atoms with van der Waals surface area (Å²) < 4.78 is 44.8. The Kier molecular flexibility index (Phi) is 5.23. The zero-order valence-corrected chi connectivity index (χ0v) is 18.7. The van der Waals surface area contributed by atoms with Gasteiger partial charge in [-0.05, 0) is 43.3 Å². The van der Waals surface area contributed by atoms with Crippen LogP contribution < -0.4 is 4.72 Å². The molecular formula is C27H21FN2O2S. The van der Waals surface area contributed by atoms with E-state index in [1.165, 1.54) is 18.3 Å². The predicted octanol–water partition coefficient (Wildman–Crippen LogP) is 6.07. The fraction of sp³-hybridized carbons (Fsp3) is 0.0370. The molecule has 0 aliphatic heterocycles. The number of hydrogen-bond acceptors (Lipinski definition) is 2. The summed E-state index contributed by atoms with van der Waals surface area (Å²) in [7, 11) is -3.82. The highest BCUT2D eigenvalue weighted by atomic mass is 32.2. The molecule has 0 atom stereocenters. The molecule has 4 aromatic carbocycles. The summed E-state index contributed by atoms with van der Waals surface area (Å²) in [5.74, 6) is -0.402. The first-order valence-electron chi connectivity index (χ1n) is 10.5. The fourth-order valence-electron chi connectivity index (χ4n) is 4.03. The second kappa shape index (κ2) is 8.22. The molecular weight excluding hydrogens is 435 g/mol. The smallest absolute Gasteiger partial charge is 0.261 e. The van der Waals surface area contributed by atoms with E-state index in [1.54, 1.807) is 36.4 Å². The van der Waals surface area contributed by atoms with E-state index in [9.17, 15) is 12.8 Å². The summed E-state index contributed by atoms with van der Waals surface area (Å²) in [5.41, 5.74) is 3.82. The second-order valence-corrected chi connectivity index (χ2v) is 9.56. The molecule has 6 heteroatoms. The Hall–Kier alpha value is -3.90. The molecule has 0 unspecified atom stereocenters. The average molecular weight is 457 g/mol. The number of nitrogens with one attached hydrogen (secondary N) is 1. The number of halogens is 1. The van der Waals surface area contributed by atoms with E-state index in [4.69, 9.17) is 0 Å². The minimum Gasteiger partial charge on any atom is -0.307 e. The Morgan fingerprint density at radius 3 is 2.03 bits per heavy atom. The lowest BCUT2D eigenvalue weighted by atomic mass is 10.1. The van der Waals surface area contributed by atoms with Gasteiger partial charge in [-0.3, -0.25) is 4.72 Å². The summed E-state index contributed by atoms with van der Waals surface area (Å²) >= 11 is 0. The minimum atomic E-state index is -3.82. The van der Waals surface area contributed by atoms with Gasteiger partial charge in [-0.1, -0.05) is 66.2 Å². The Bertz CT molecular complexity index is 1560. The van der Waals surface area contributed by atoms with Crippen LogP contribution in [-0.4, -0.2) is 13.0 Å². The van der Waals surface area contributed by atoms with Crippen molar-refractivity contribution in [3.8, 4) is 0 Å². The van der Waals surface area contributed by atoms with Crippen LogP contribution in [0.4, 0.5) is 4.39 Å². The van der Waals surface area contributed by atoms with E-state index >= 15 is 0 Å². The lowest BCUT2D eigenvalue weighted by Gasteiger charge is -2.14. The van der Waals surface area contributed by atoms with Crippen LogP contribution in [0.15, 0.2) is 108 Å². The Labute approximate surface area is 191 Å². The van der Waals surface area contributed by atoms with Crippen LogP contribution in [-0.2, 0) is 10.0 Å². The minimum absolute atomic E-state index is 0.158. The van der Waals surface area contributed by atoms with Crippen LogP contribution in [0.25, 0.3) is 27.5 Å². The van der Waals surface area contributed by atoms with Crippen molar-refractivity contribution in [3.63, 3.8) is 0 Å². The Morgan fingerprint density at radius 2 is 1.42 bits per heavy atom. The van der Waals surface area contributed by atoms with Crippen molar-refractivity contribution in [1.29, 1.82) is 0 Å². The van der Waals surface area contributed by atoms with Crippen LogP contribution in [0, 0.1) is 12.7 Å². The summed E-state index contributed by atoms with van der Waals surface area (Å²) in [6, 6.07) is 28.5. The number of sulfonamides is 1. The maximum atomic E-state index is 14.2. The zero-order valence-electron chi connectivity index (χ0n) is 17.9. The molecule has 0 bridgehead atoms. The molecule has 0 amide bonds. The number of nitrogens with zero attached hydrogens (tertiary/aromatic N) is 1. The Morgan fingerprint density at radius 1 is 0.818 bits per heavy atom. The first kappa shape index (κ1) is 21.0. The van der Waals surface area contributed by atoms with Gasteiger partial charge in [0.15, 0.2) is 0 Å². The lowest BCUT2D eigenvalue weighted by molar-refractivity contribution is 0.590. The number of aromatic nitrogens is 1. The first-order valence-corrected chi connectivity index (χ1v) is 12.0. The molecule has 1 heterocycles. The van der Waals surface area contributed by atoms with E-state index in [0.717, 1.165) is 27.4 Å². The van der Waals surface area contributed by atoms with Gasteiger partial charge in [-0.15, -0.1) is 0 Å². The van der Waals surface area contributed by atoms with Crippen LogP contribution in [0.3, 0.4) is 0 Å². The summed E-state index contributed by atoms with van der Waals surface area (Å²) in [5, 5.41) is 2.05. The first-order chi connectivity index (χ1) is 15.9. The van der Waals surface area contributed by atoms with Crippen molar-refractivity contribution in [1.82, 2.24) is 9.29 Å². The predicted molar refractivity (Wildman–Crippen MR) is 131 cm³/mol. The van der Waals surface area contributed by atoms with E-state index < -0.39 is 15.8 Å². The molecule has 0 spiro atoms. The number of benzene rings is 4. The molecule has 5 aromatic rings. The van der Waals surface area contributed by atoms with Gasteiger partial charge in [0.1, 0.15) is 5.82 Å². The molecule has 1 N–H and O–H groups in total. The maximum Gasteiger partial charge on any atom is 0.261 e. The van der Waals surface area contributed by atoms with Gasteiger partial charge in [0.2, 0.25) is 0 Å². The molecule has 0 aliphatic rings. The molecule has 0 radical (unpaired) electrons. The largest absolute Gasteiger partial charge is 0.307 e. The van der Waals surface area contributed by atoms with Crippen molar-refractivity contribution < 1.29 is 12.8 Å². The standard InChI is InChI=1S/C27H21FN2O2S/c1-19-13-15-22(16-14-19)33(31,32)29-18-27(20-7-6-8-21(28)17-20)30-25-11-4-2-9-23(25)24-10-3-5-12-26(24)30/h2-18,29H,1H3/b27-18+. The number of para-hydroxylation sites is 2. The molecule has 164 valence electrons. The quantitative estimate of drug-likeness (QED) is 0.349. The van der Waals surface area contributed by atoms with Crippen molar-refractivity contribution in [2.45, 2.75) is 11.8 Å². The molecule has 0 saturated carbocycles. The van der Waals surface area contributed by atoms with Crippen LogP contribution in [0.1, 0.15) is 11.1 Å². The molecule has 33 heavy (non-hydrogen) atoms. The van der Waals surface area contributed by atoms with Crippen molar-refractivity contribution in [2.24, 2.45) is 0 Å². The zero-order chi connectivity index (χ0) is 23.0.